The number of aromatic nitrogens is 2. The number of methoxy groups -OCH3 is 1. The zero-order valence-corrected chi connectivity index (χ0v) is 21.6. The van der Waals surface area contributed by atoms with E-state index >= 15 is 0 Å². The third-order valence-electron chi connectivity index (χ3n) is 7.53. The van der Waals surface area contributed by atoms with Gasteiger partial charge in [0.05, 0.1) is 25.3 Å². The number of halogens is 1. The predicted molar refractivity (Wildman–Crippen MR) is 141 cm³/mol. The summed E-state index contributed by atoms with van der Waals surface area (Å²) in [5, 5.41) is 7.21. The van der Waals surface area contributed by atoms with Crippen molar-refractivity contribution in [2.45, 2.75) is 32.2 Å². The molecule has 8 nitrogen and oxygen atoms in total. The highest BCUT2D eigenvalue weighted by Crippen LogP contribution is 2.46. The molecule has 1 aromatic heterocycles. The first-order chi connectivity index (χ1) is 17.6. The fourth-order valence-electron chi connectivity index (χ4n) is 5.69. The van der Waals surface area contributed by atoms with E-state index in [0.717, 1.165) is 51.2 Å². The quantitative estimate of drug-likeness (QED) is 0.384. The van der Waals surface area contributed by atoms with E-state index in [4.69, 9.17) is 21.1 Å². The molecule has 1 saturated carbocycles. The Morgan fingerprint density at radius 3 is 2.81 bits per heavy atom. The van der Waals surface area contributed by atoms with Gasteiger partial charge < -0.3 is 25.0 Å². The summed E-state index contributed by atoms with van der Waals surface area (Å²) in [5.74, 6) is 1.02. The predicted octanol–water partition coefficient (Wildman–Crippen LogP) is 4.09. The van der Waals surface area contributed by atoms with Crippen molar-refractivity contribution in [3.05, 3.63) is 52.7 Å². The fourth-order valence-corrected chi connectivity index (χ4v) is 5.83. The van der Waals surface area contributed by atoms with E-state index in [9.17, 15) is 4.79 Å². The minimum atomic E-state index is -0.240. The second-order valence-corrected chi connectivity index (χ2v) is 10.1. The van der Waals surface area contributed by atoms with Crippen LogP contribution in [0.25, 0.3) is 0 Å². The number of ether oxygens (including phenoxy) is 2. The molecule has 192 valence electrons. The van der Waals surface area contributed by atoms with Crippen LogP contribution in [-0.2, 0) is 27.1 Å². The molecule has 2 aliphatic carbocycles. The van der Waals surface area contributed by atoms with Crippen LogP contribution >= 0.6 is 11.6 Å². The second kappa shape index (κ2) is 11.2. The van der Waals surface area contributed by atoms with E-state index in [1.807, 2.05) is 6.92 Å². The summed E-state index contributed by atoms with van der Waals surface area (Å²) in [5.41, 5.74) is 3.67. The van der Waals surface area contributed by atoms with Crippen molar-refractivity contribution < 1.29 is 14.3 Å². The van der Waals surface area contributed by atoms with Crippen LogP contribution in [0, 0.1) is 17.8 Å². The first-order valence-electron chi connectivity index (χ1n) is 12.8. The lowest BCUT2D eigenvalue weighted by atomic mass is 9.89. The van der Waals surface area contributed by atoms with E-state index in [2.05, 4.69) is 55.9 Å². The molecule has 5 rings (SSSR count). The molecule has 2 heterocycles. The van der Waals surface area contributed by atoms with Crippen LogP contribution in [0.4, 0.5) is 17.5 Å². The number of fused-ring (bicyclic) bond motifs is 3. The topological polar surface area (TPSA) is 88.6 Å². The second-order valence-electron chi connectivity index (χ2n) is 9.73. The van der Waals surface area contributed by atoms with Gasteiger partial charge in [0.15, 0.2) is 5.82 Å². The van der Waals surface area contributed by atoms with Gasteiger partial charge in [0.2, 0.25) is 5.95 Å². The van der Waals surface area contributed by atoms with Gasteiger partial charge in [-0.2, -0.15) is 4.98 Å². The molecule has 0 amide bonds. The molecular formula is C27H34ClN5O3. The number of rotatable bonds is 9. The summed E-state index contributed by atoms with van der Waals surface area (Å²) in [6.45, 7) is 5.99. The van der Waals surface area contributed by atoms with E-state index in [1.165, 1.54) is 11.1 Å². The molecule has 0 saturated heterocycles. The highest BCUT2D eigenvalue weighted by molar-refractivity contribution is 6.32. The molecule has 0 radical (unpaired) electrons. The Morgan fingerprint density at radius 2 is 2.00 bits per heavy atom. The average Bonchev–Trinajstić information content (AvgIpc) is 3.42. The van der Waals surface area contributed by atoms with Gasteiger partial charge >= 0.3 is 5.97 Å². The standard InChI is InChI=1S/C27H34ClN5O3/c1-3-36-26(34)23-19-4-5-20(14-19)24(23)31-25-22(28)16-29-27(32-25)30-21-7-6-17-8-10-33(12-13-35-2)11-9-18(17)15-21/h4-7,15-16,19-20,23-24H,3,8-14H2,1-2H3,(H2,29,30,31,32). The molecule has 1 aromatic carbocycles. The highest BCUT2D eigenvalue weighted by Gasteiger charge is 2.49. The zero-order chi connectivity index (χ0) is 25.1. The minimum absolute atomic E-state index is 0.104. The lowest BCUT2D eigenvalue weighted by molar-refractivity contribution is -0.149. The molecule has 2 N–H and O–H groups in total. The number of nitrogens with one attached hydrogen (secondary N) is 2. The molecule has 4 atom stereocenters. The van der Waals surface area contributed by atoms with Gasteiger partial charge in [0.25, 0.3) is 0 Å². The molecule has 4 unspecified atom stereocenters. The zero-order valence-electron chi connectivity index (χ0n) is 20.9. The maximum atomic E-state index is 12.7. The maximum absolute atomic E-state index is 12.7. The molecule has 3 aliphatic rings. The Kier molecular flexibility index (Phi) is 7.74. The van der Waals surface area contributed by atoms with Gasteiger partial charge in [-0.3, -0.25) is 4.79 Å². The number of hydrogen-bond donors (Lipinski definition) is 2. The van der Waals surface area contributed by atoms with Crippen LogP contribution in [-0.4, -0.2) is 66.8 Å². The molecule has 1 aliphatic heterocycles. The van der Waals surface area contributed by atoms with Gasteiger partial charge in [-0.25, -0.2) is 4.98 Å². The molecule has 1 fully saturated rings. The Labute approximate surface area is 217 Å². The fraction of sp³-hybridized carbons (Fsp3) is 0.519. The summed E-state index contributed by atoms with van der Waals surface area (Å²) < 4.78 is 10.6. The third-order valence-corrected chi connectivity index (χ3v) is 7.81. The number of nitrogens with zero attached hydrogens (tertiary/aromatic N) is 3. The molecule has 2 aromatic rings. The van der Waals surface area contributed by atoms with E-state index in [0.29, 0.717) is 23.4 Å². The Morgan fingerprint density at radius 1 is 1.19 bits per heavy atom. The van der Waals surface area contributed by atoms with E-state index < -0.39 is 0 Å². The molecule has 0 spiro atoms. The summed E-state index contributed by atoms with van der Waals surface area (Å²) >= 11 is 6.47. The van der Waals surface area contributed by atoms with Crippen molar-refractivity contribution in [1.29, 1.82) is 0 Å². The first kappa shape index (κ1) is 25.0. The van der Waals surface area contributed by atoms with Gasteiger partial charge in [0, 0.05) is 38.5 Å². The summed E-state index contributed by atoms with van der Waals surface area (Å²) in [6, 6.07) is 6.36. The number of carbonyl (C=O) groups excluding carboxylic acids is 1. The number of hydrogen-bond acceptors (Lipinski definition) is 8. The number of anilines is 3. The highest BCUT2D eigenvalue weighted by atomic mass is 35.5. The van der Waals surface area contributed by atoms with Gasteiger partial charge in [-0.15, -0.1) is 0 Å². The van der Waals surface area contributed by atoms with Gasteiger partial charge in [-0.05, 0) is 61.3 Å². The maximum Gasteiger partial charge on any atom is 0.311 e. The Bertz CT molecular complexity index is 1130. The van der Waals surface area contributed by atoms with Gasteiger partial charge in [0.1, 0.15) is 5.02 Å². The van der Waals surface area contributed by atoms with Crippen LogP contribution < -0.4 is 10.6 Å². The van der Waals surface area contributed by atoms with E-state index in [1.54, 1.807) is 13.3 Å². The van der Waals surface area contributed by atoms with E-state index in [-0.39, 0.29) is 29.8 Å². The Balaban J connectivity index is 1.29. The van der Waals surface area contributed by atoms with Crippen LogP contribution in [0.3, 0.4) is 0 Å². The normalized spacial score (nSPS) is 24.9. The van der Waals surface area contributed by atoms with Crippen molar-refractivity contribution in [3.8, 4) is 0 Å². The molecule has 36 heavy (non-hydrogen) atoms. The van der Waals surface area contributed by atoms with Gasteiger partial charge in [-0.1, -0.05) is 29.8 Å². The monoisotopic (exact) mass is 511 g/mol. The number of esters is 1. The summed E-state index contributed by atoms with van der Waals surface area (Å²) in [6.07, 6.45) is 8.87. The smallest absolute Gasteiger partial charge is 0.311 e. The van der Waals surface area contributed by atoms with Crippen LogP contribution in [0.5, 0.6) is 0 Å². The summed E-state index contributed by atoms with van der Waals surface area (Å²) in [7, 11) is 1.75. The lowest BCUT2D eigenvalue weighted by Crippen LogP contribution is -2.39. The van der Waals surface area contributed by atoms with Crippen molar-refractivity contribution in [2.24, 2.45) is 17.8 Å². The molecule has 9 heteroatoms. The van der Waals surface area contributed by atoms with Crippen molar-refractivity contribution >= 4 is 35.0 Å². The average molecular weight is 512 g/mol. The number of benzene rings is 1. The molecular weight excluding hydrogens is 478 g/mol. The van der Waals surface area contributed by atoms with Crippen LogP contribution in [0.1, 0.15) is 24.5 Å². The first-order valence-corrected chi connectivity index (χ1v) is 13.2. The molecule has 2 bridgehead atoms. The largest absolute Gasteiger partial charge is 0.466 e. The number of carbonyl (C=O) groups is 1. The van der Waals surface area contributed by atoms with Crippen molar-refractivity contribution in [3.63, 3.8) is 0 Å². The SMILES string of the molecule is CCOC(=O)C1C2C=CC(C2)C1Nc1nc(Nc2ccc3c(c2)CCN(CCOC)CC3)ncc1Cl. The minimum Gasteiger partial charge on any atom is -0.466 e. The Hall–Kier alpha value is -2.68. The van der Waals surface area contributed by atoms with Crippen LogP contribution in [0.15, 0.2) is 36.5 Å². The summed E-state index contributed by atoms with van der Waals surface area (Å²) in [4.78, 5) is 24.2. The lowest BCUT2D eigenvalue weighted by Gasteiger charge is -2.28. The van der Waals surface area contributed by atoms with Crippen molar-refractivity contribution in [2.75, 3.05) is 50.6 Å². The third kappa shape index (κ3) is 5.36. The van der Waals surface area contributed by atoms with Crippen LogP contribution in [0.2, 0.25) is 5.02 Å². The van der Waals surface area contributed by atoms with Crippen molar-refractivity contribution in [1.82, 2.24) is 14.9 Å². The number of allylic oxidation sites excluding steroid dienone is 1.